The molecule has 3 rings (SSSR count). The maximum absolute atomic E-state index is 13.5. The number of hydrogen-bond acceptors (Lipinski definition) is 0. The van der Waals surface area contributed by atoms with Crippen molar-refractivity contribution in [3.05, 3.63) is 35.1 Å². The highest BCUT2D eigenvalue weighted by atomic mass is 19.2. The monoisotopic (exact) mass is 328 g/mol. The number of rotatable bonds is 3. The lowest BCUT2D eigenvalue weighted by Crippen LogP contribution is -2.25. The van der Waals surface area contributed by atoms with Gasteiger partial charge in [-0.2, -0.15) is 0 Å². The summed E-state index contributed by atoms with van der Waals surface area (Å²) in [5, 5.41) is 0. The van der Waals surface area contributed by atoms with Crippen LogP contribution in [0.4, 0.5) is 13.2 Å². The molecule has 1 aromatic carbocycles. The van der Waals surface area contributed by atoms with E-state index in [2.05, 4.69) is 0 Å². The minimum Gasteiger partial charge on any atom is -0.204 e. The molecule has 0 saturated heterocycles. The summed E-state index contributed by atoms with van der Waals surface area (Å²) in [6, 6.07) is 2.15. The summed E-state index contributed by atoms with van der Waals surface area (Å²) < 4.78 is 73.5. The zero-order chi connectivity index (χ0) is 20.0. The van der Waals surface area contributed by atoms with Crippen molar-refractivity contribution in [3.8, 4) is 0 Å². The molecular formula is C20H27F3. The van der Waals surface area contributed by atoms with Crippen LogP contribution in [0.3, 0.4) is 0 Å². The Morgan fingerprint density at radius 3 is 1.96 bits per heavy atom. The van der Waals surface area contributed by atoms with Crippen LogP contribution in [0.25, 0.3) is 0 Å². The molecule has 3 heteroatoms. The lowest BCUT2D eigenvalue weighted by Gasteiger charge is -2.38. The number of halogens is 3. The standard InChI is InChI=1S/C20H27F3/c1-2-13-3-5-14(6-4-13)15-7-9-16(10-8-15)17-11-18(21)20(23)19(22)12-17/h11-16H,2-10H2,1H3/i3D2,4D2. The summed E-state index contributed by atoms with van der Waals surface area (Å²) in [4.78, 5) is 0. The van der Waals surface area contributed by atoms with Crippen LogP contribution >= 0.6 is 0 Å². The normalized spacial score (nSPS) is 39.0. The van der Waals surface area contributed by atoms with Gasteiger partial charge in [0.1, 0.15) is 0 Å². The third-order valence-corrected chi connectivity index (χ3v) is 5.58. The molecule has 23 heavy (non-hydrogen) atoms. The molecule has 0 bridgehead atoms. The van der Waals surface area contributed by atoms with Crippen LogP contribution in [0.15, 0.2) is 12.1 Å². The first-order chi connectivity index (χ1) is 12.5. The highest BCUT2D eigenvalue weighted by Gasteiger charge is 2.31. The molecule has 1 aromatic rings. The van der Waals surface area contributed by atoms with E-state index in [0.29, 0.717) is 37.7 Å². The molecular weight excluding hydrogens is 297 g/mol. The molecule has 0 nitrogen and oxygen atoms in total. The highest BCUT2D eigenvalue weighted by molar-refractivity contribution is 5.23. The SMILES string of the molecule is [2H]C1([2H])CC(C2CCC(c3cc(F)c(F)c(F)c3)CC2)CC([2H])([2H])C1CC. The third-order valence-electron chi connectivity index (χ3n) is 5.58. The summed E-state index contributed by atoms with van der Waals surface area (Å²) >= 11 is 0. The molecule has 0 aromatic heterocycles. The van der Waals surface area contributed by atoms with E-state index in [1.807, 2.05) is 6.92 Å². The van der Waals surface area contributed by atoms with Gasteiger partial charge in [-0.25, -0.2) is 13.2 Å². The van der Waals surface area contributed by atoms with Crippen LogP contribution in [0.5, 0.6) is 0 Å². The van der Waals surface area contributed by atoms with Crippen LogP contribution in [0.2, 0.25) is 0 Å². The summed E-state index contributed by atoms with van der Waals surface area (Å²) in [5.74, 6) is -4.17. The minimum atomic E-state index is -1.51. The summed E-state index contributed by atoms with van der Waals surface area (Å²) in [6.45, 7) is 1.84. The number of hydrogen-bond donors (Lipinski definition) is 0. The second-order valence-corrected chi connectivity index (χ2v) is 6.95. The van der Waals surface area contributed by atoms with Gasteiger partial charge in [0, 0.05) is 5.48 Å². The van der Waals surface area contributed by atoms with Gasteiger partial charge in [-0.05, 0) is 79.9 Å². The average Bonchev–Trinajstić information content (AvgIpc) is 2.57. The fourth-order valence-corrected chi connectivity index (χ4v) is 4.09. The Balaban J connectivity index is 1.67. The molecule has 2 fully saturated rings. The number of benzene rings is 1. The lowest BCUT2D eigenvalue weighted by molar-refractivity contribution is 0.158. The Morgan fingerprint density at radius 1 is 0.913 bits per heavy atom. The Kier molecular flexibility index (Phi) is 3.92. The van der Waals surface area contributed by atoms with E-state index in [1.54, 1.807) is 0 Å². The van der Waals surface area contributed by atoms with E-state index < -0.39 is 36.1 Å². The van der Waals surface area contributed by atoms with Crippen LogP contribution in [-0.2, 0) is 0 Å². The van der Waals surface area contributed by atoms with Gasteiger partial charge in [0.2, 0.25) is 0 Å². The first-order valence-corrected chi connectivity index (χ1v) is 8.69. The van der Waals surface area contributed by atoms with Crippen LogP contribution in [0.1, 0.15) is 81.6 Å². The lowest BCUT2D eigenvalue weighted by atomic mass is 9.68. The molecule has 0 N–H and O–H groups in total. The van der Waals surface area contributed by atoms with Crippen molar-refractivity contribution >= 4 is 0 Å². The maximum Gasteiger partial charge on any atom is 0.194 e. The summed E-state index contributed by atoms with van der Waals surface area (Å²) in [5.41, 5.74) is 0.477. The van der Waals surface area contributed by atoms with Gasteiger partial charge in [0.05, 0.1) is 0 Å². The minimum absolute atomic E-state index is 0.0135. The van der Waals surface area contributed by atoms with Gasteiger partial charge < -0.3 is 0 Å². The van der Waals surface area contributed by atoms with Crippen molar-refractivity contribution in [2.45, 2.75) is 70.5 Å². The Morgan fingerprint density at radius 2 is 1.43 bits per heavy atom. The van der Waals surface area contributed by atoms with Crippen LogP contribution in [-0.4, -0.2) is 0 Å². The van der Waals surface area contributed by atoms with Gasteiger partial charge in [-0.15, -0.1) is 0 Å². The van der Waals surface area contributed by atoms with Crippen molar-refractivity contribution in [2.75, 3.05) is 0 Å². The highest BCUT2D eigenvalue weighted by Crippen LogP contribution is 2.44. The van der Waals surface area contributed by atoms with E-state index in [9.17, 15) is 13.2 Å². The quantitative estimate of drug-likeness (QED) is 0.549. The largest absolute Gasteiger partial charge is 0.204 e. The summed E-state index contributed by atoms with van der Waals surface area (Å²) in [6.07, 6.45) is 1.17. The molecule has 0 atom stereocenters. The second kappa shape index (κ2) is 7.27. The predicted octanol–water partition coefficient (Wildman–Crippen LogP) is 6.59. The molecule has 0 radical (unpaired) electrons. The fraction of sp³-hybridized carbons (Fsp3) is 0.700. The molecule has 0 unspecified atom stereocenters. The maximum atomic E-state index is 13.5. The Labute approximate surface area is 143 Å². The Bertz CT molecular complexity index is 643. The van der Waals surface area contributed by atoms with Crippen LogP contribution < -0.4 is 0 Å². The summed E-state index contributed by atoms with van der Waals surface area (Å²) in [7, 11) is 0. The first-order valence-electron chi connectivity index (χ1n) is 10.7. The van der Waals surface area contributed by atoms with E-state index in [-0.39, 0.29) is 17.8 Å². The molecule has 0 aliphatic heterocycles. The van der Waals surface area contributed by atoms with E-state index in [1.165, 1.54) is 0 Å². The van der Waals surface area contributed by atoms with Gasteiger partial charge in [0.25, 0.3) is 0 Å². The van der Waals surface area contributed by atoms with E-state index >= 15 is 0 Å². The predicted molar refractivity (Wildman–Crippen MR) is 86.8 cm³/mol. The Hall–Kier alpha value is -0.990. The zero-order valence-electron chi connectivity index (χ0n) is 17.5. The smallest absolute Gasteiger partial charge is 0.194 e. The third kappa shape index (κ3) is 3.75. The van der Waals surface area contributed by atoms with Gasteiger partial charge in [0.15, 0.2) is 17.5 Å². The molecule has 0 amide bonds. The van der Waals surface area contributed by atoms with Gasteiger partial charge in [-0.1, -0.05) is 26.1 Å². The van der Waals surface area contributed by atoms with E-state index in [4.69, 9.17) is 5.48 Å². The van der Waals surface area contributed by atoms with Crippen molar-refractivity contribution in [3.63, 3.8) is 0 Å². The van der Waals surface area contributed by atoms with Crippen molar-refractivity contribution < 1.29 is 18.7 Å². The molecule has 2 aliphatic carbocycles. The van der Waals surface area contributed by atoms with E-state index in [0.717, 1.165) is 25.0 Å². The first kappa shape index (κ1) is 12.4. The molecule has 0 spiro atoms. The van der Waals surface area contributed by atoms with Crippen LogP contribution in [0, 0.1) is 35.2 Å². The fourth-order valence-electron chi connectivity index (χ4n) is 4.09. The van der Waals surface area contributed by atoms with Crippen molar-refractivity contribution in [1.82, 2.24) is 0 Å². The zero-order valence-corrected chi connectivity index (χ0v) is 13.5. The molecule has 128 valence electrons. The molecule has 0 heterocycles. The molecule has 2 aliphatic rings. The van der Waals surface area contributed by atoms with Gasteiger partial charge in [-0.3, -0.25) is 0 Å². The van der Waals surface area contributed by atoms with Crippen molar-refractivity contribution in [1.29, 1.82) is 0 Å². The molecule has 2 saturated carbocycles. The van der Waals surface area contributed by atoms with Gasteiger partial charge >= 0.3 is 0 Å². The second-order valence-electron chi connectivity index (χ2n) is 6.95. The topological polar surface area (TPSA) is 0 Å². The average molecular weight is 328 g/mol. The van der Waals surface area contributed by atoms with Crippen molar-refractivity contribution in [2.24, 2.45) is 17.8 Å².